The van der Waals surface area contributed by atoms with Crippen LogP contribution in [-0.2, 0) is 19.1 Å². The Labute approximate surface area is 134 Å². The Kier molecular flexibility index (Phi) is 7.57. The van der Waals surface area contributed by atoms with E-state index in [1.165, 1.54) is 0 Å². The van der Waals surface area contributed by atoms with Crippen LogP contribution in [0.25, 0.3) is 0 Å². The molecule has 0 atom stereocenters. The second kappa shape index (κ2) is 8.16. The molecule has 0 radical (unpaired) electrons. The standard InChI is InChI=1S/C18H30O4/c1-9-17(10-2,21-15(19)13(5)6)18(11-3,12-4)22-16(20)14(7)8/h5,7,9-12H2,1-4,6,8H3. The number of esters is 2. The van der Waals surface area contributed by atoms with E-state index in [2.05, 4.69) is 13.2 Å². The molecule has 0 unspecified atom stereocenters. The summed E-state index contributed by atoms with van der Waals surface area (Å²) < 4.78 is 11.6. The zero-order chi connectivity index (χ0) is 17.6. The Morgan fingerprint density at radius 3 is 1.09 bits per heavy atom. The molecular formula is C18H30O4. The lowest BCUT2D eigenvalue weighted by Crippen LogP contribution is -2.58. The van der Waals surface area contributed by atoms with Crippen molar-refractivity contribution in [1.82, 2.24) is 0 Å². The fourth-order valence-corrected chi connectivity index (χ4v) is 2.79. The van der Waals surface area contributed by atoms with Crippen LogP contribution in [-0.4, -0.2) is 23.1 Å². The molecule has 0 aliphatic carbocycles. The molecule has 0 aromatic carbocycles. The fraction of sp³-hybridized carbons (Fsp3) is 0.667. The van der Waals surface area contributed by atoms with E-state index in [4.69, 9.17) is 9.47 Å². The smallest absolute Gasteiger partial charge is 0.333 e. The molecule has 0 amide bonds. The Balaban J connectivity index is 5.87. The first-order chi connectivity index (χ1) is 10.1. The van der Waals surface area contributed by atoms with Crippen LogP contribution in [0.15, 0.2) is 24.3 Å². The number of ether oxygens (including phenoxy) is 2. The molecule has 0 spiro atoms. The molecule has 0 saturated heterocycles. The van der Waals surface area contributed by atoms with Gasteiger partial charge in [-0.1, -0.05) is 40.9 Å². The highest BCUT2D eigenvalue weighted by molar-refractivity contribution is 5.88. The van der Waals surface area contributed by atoms with Crippen LogP contribution >= 0.6 is 0 Å². The van der Waals surface area contributed by atoms with E-state index in [1.807, 2.05) is 27.7 Å². The van der Waals surface area contributed by atoms with Crippen molar-refractivity contribution in [3.63, 3.8) is 0 Å². The van der Waals surface area contributed by atoms with Gasteiger partial charge >= 0.3 is 11.9 Å². The second-order valence-corrected chi connectivity index (χ2v) is 5.74. The zero-order valence-electron chi connectivity index (χ0n) is 14.9. The highest BCUT2D eigenvalue weighted by Crippen LogP contribution is 2.42. The van der Waals surface area contributed by atoms with Crippen LogP contribution in [0.5, 0.6) is 0 Å². The first kappa shape index (κ1) is 20.4. The maximum absolute atomic E-state index is 12.1. The van der Waals surface area contributed by atoms with Gasteiger partial charge in [0, 0.05) is 11.1 Å². The van der Waals surface area contributed by atoms with E-state index in [0.29, 0.717) is 36.8 Å². The lowest BCUT2D eigenvalue weighted by Gasteiger charge is -2.47. The predicted molar refractivity (Wildman–Crippen MR) is 88.4 cm³/mol. The lowest BCUT2D eigenvalue weighted by atomic mass is 9.74. The van der Waals surface area contributed by atoms with Gasteiger partial charge < -0.3 is 9.47 Å². The number of hydrogen-bond acceptors (Lipinski definition) is 4. The van der Waals surface area contributed by atoms with E-state index in [-0.39, 0.29) is 0 Å². The third-order valence-electron chi connectivity index (χ3n) is 4.39. The van der Waals surface area contributed by atoms with Crippen LogP contribution in [0.2, 0.25) is 0 Å². The summed E-state index contributed by atoms with van der Waals surface area (Å²) in [4.78, 5) is 24.2. The molecule has 0 saturated carbocycles. The van der Waals surface area contributed by atoms with Gasteiger partial charge in [0.15, 0.2) is 11.2 Å². The molecule has 0 heterocycles. The van der Waals surface area contributed by atoms with Crippen LogP contribution in [0, 0.1) is 0 Å². The summed E-state index contributed by atoms with van der Waals surface area (Å²) in [6, 6.07) is 0. The van der Waals surface area contributed by atoms with Crippen LogP contribution in [0.3, 0.4) is 0 Å². The molecule has 0 aromatic rings. The van der Waals surface area contributed by atoms with E-state index in [0.717, 1.165) is 0 Å². The molecule has 0 fully saturated rings. The quantitative estimate of drug-likeness (QED) is 0.469. The van der Waals surface area contributed by atoms with Crippen LogP contribution in [0.4, 0.5) is 0 Å². The summed E-state index contributed by atoms with van der Waals surface area (Å²) in [6.07, 6.45) is 2.20. The topological polar surface area (TPSA) is 52.6 Å². The fourth-order valence-electron chi connectivity index (χ4n) is 2.79. The minimum absolute atomic E-state index is 0.332. The monoisotopic (exact) mass is 310 g/mol. The molecule has 0 N–H and O–H groups in total. The predicted octanol–water partition coefficient (Wildman–Crippen LogP) is 4.34. The highest BCUT2D eigenvalue weighted by Gasteiger charge is 2.53. The summed E-state index contributed by atoms with van der Waals surface area (Å²) >= 11 is 0. The molecule has 0 aliphatic rings. The number of rotatable bonds is 9. The Morgan fingerprint density at radius 2 is 0.955 bits per heavy atom. The maximum atomic E-state index is 12.1. The summed E-state index contributed by atoms with van der Waals surface area (Å²) in [5.74, 6) is -0.914. The van der Waals surface area contributed by atoms with Gasteiger partial charge in [0.1, 0.15) is 0 Å². The normalized spacial score (nSPS) is 11.7. The van der Waals surface area contributed by atoms with Gasteiger partial charge in [-0.2, -0.15) is 0 Å². The van der Waals surface area contributed by atoms with Crippen molar-refractivity contribution >= 4 is 11.9 Å². The molecule has 0 bridgehead atoms. The van der Waals surface area contributed by atoms with Gasteiger partial charge in [-0.3, -0.25) is 0 Å². The van der Waals surface area contributed by atoms with Crippen LogP contribution < -0.4 is 0 Å². The molecule has 0 aliphatic heterocycles. The van der Waals surface area contributed by atoms with Gasteiger partial charge in [0.2, 0.25) is 0 Å². The Bertz CT molecular complexity index is 398. The summed E-state index contributed by atoms with van der Waals surface area (Å²) in [5, 5.41) is 0. The summed E-state index contributed by atoms with van der Waals surface area (Å²) in [5.41, 5.74) is -1.09. The van der Waals surface area contributed by atoms with Crippen molar-refractivity contribution in [2.24, 2.45) is 0 Å². The minimum Gasteiger partial charge on any atom is -0.451 e. The van der Waals surface area contributed by atoms with Gasteiger partial charge in [-0.15, -0.1) is 0 Å². The van der Waals surface area contributed by atoms with Crippen molar-refractivity contribution in [3.8, 4) is 0 Å². The molecule has 0 rings (SSSR count). The van der Waals surface area contributed by atoms with Gasteiger partial charge in [-0.25, -0.2) is 9.59 Å². The van der Waals surface area contributed by atoms with Gasteiger partial charge in [-0.05, 0) is 39.5 Å². The van der Waals surface area contributed by atoms with Crippen molar-refractivity contribution in [2.75, 3.05) is 0 Å². The Morgan fingerprint density at radius 1 is 0.727 bits per heavy atom. The average molecular weight is 310 g/mol. The van der Waals surface area contributed by atoms with Crippen molar-refractivity contribution in [1.29, 1.82) is 0 Å². The summed E-state index contributed by atoms with van der Waals surface area (Å²) in [7, 11) is 0. The SMILES string of the molecule is C=C(C)C(=O)OC(CC)(CC)C(CC)(CC)OC(=O)C(=C)C. The number of carbonyl (C=O) groups is 2. The molecule has 4 heteroatoms. The second-order valence-electron chi connectivity index (χ2n) is 5.74. The van der Waals surface area contributed by atoms with Crippen molar-refractivity contribution in [3.05, 3.63) is 24.3 Å². The molecular weight excluding hydrogens is 280 g/mol. The van der Waals surface area contributed by atoms with Crippen molar-refractivity contribution in [2.45, 2.75) is 78.4 Å². The third-order valence-corrected chi connectivity index (χ3v) is 4.39. The highest BCUT2D eigenvalue weighted by atomic mass is 16.6. The van der Waals surface area contributed by atoms with E-state index < -0.39 is 23.1 Å². The maximum Gasteiger partial charge on any atom is 0.333 e. The first-order valence-electron chi connectivity index (χ1n) is 7.92. The average Bonchev–Trinajstić information content (AvgIpc) is 2.49. The molecule has 22 heavy (non-hydrogen) atoms. The first-order valence-corrected chi connectivity index (χ1v) is 7.92. The molecule has 126 valence electrons. The van der Waals surface area contributed by atoms with Gasteiger partial charge in [0.05, 0.1) is 0 Å². The molecule has 4 nitrogen and oxygen atoms in total. The molecule has 0 aromatic heterocycles. The largest absolute Gasteiger partial charge is 0.451 e. The zero-order valence-corrected chi connectivity index (χ0v) is 14.9. The summed E-state index contributed by atoms with van der Waals surface area (Å²) in [6.45, 7) is 18.2. The van der Waals surface area contributed by atoms with Crippen LogP contribution in [0.1, 0.15) is 67.2 Å². The van der Waals surface area contributed by atoms with E-state index in [9.17, 15) is 9.59 Å². The Hall–Kier alpha value is -1.58. The number of hydrogen-bond donors (Lipinski definition) is 0. The number of carbonyl (C=O) groups excluding carboxylic acids is 2. The lowest BCUT2D eigenvalue weighted by molar-refractivity contribution is -0.214. The van der Waals surface area contributed by atoms with E-state index >= 15 is 0 Å². The van der Waals surface area contributed by atoms with E-state index in [1.54, 1.807) is 13.8 Å². The third kappa shape index (κ3) is 3.99. The van der Waals surface area contributed by atoms with Gasteiger partial charge in [0.25, 0.3) is 0 Å². The van der Waals surface area contributed by atoms with Crippen molar-refractivity contribution < 1.29 is 19.1 Å². The minimum atomic E-state index is -0.877.